The van der Waals surface area contributed by atoms with Gasteiger partial charge in [-0.3, -0.25) is 4.79 Å². The lowest BCUT2D eigenvalue weighted by Crippen LogP contribution is -2.23. The summed E-state index contributed by atoms with van der Waals surface area (Å²) >= 11 is 11.7. The molecule has 94 valence electrons. The van der Waals surface area contributed by atoms with Crippen molar-refractivity contribution in [3.8, 4) is 0 Å². The summed E-state index contributed by atoms with van der Waals surface area (Å²) in [6.45, 7) is 3.90. The minimum Gasteiger partial charge on any atom is -0.379 e. The molecule has 0 saturated heterocycles. The zero-order valence-corrected chi connectivity index (χ0v) is 11.7. The van der Waals surface area contributed by atoms with Crippen LogP contribution in [-0.2, 0) is 4.74 Å². The highest BCUT2D eigenvalue weighted by Crippen LogP contribution is 2.22. The van der Waals surface area contributed by atoms with E-state index in [4.69, 9.17) is 27.9 Å². The predicted octanol–water partition coefficient (Wildman–Crippen LogP) is 4.38. The Bertz CT molecular complexity index is 394. The van der Waals surface area contributed by atoms with Crippen molar-refractivity contribution in [1.82, 2.24) is 0 Å². The van der Waals surface area contributed by atoms with Crippen LogP contribution in [0.3, 0.4) is 0 Å². The van der Waals surface area contributed by atoms with Crippen LogP contribution in [0.25, 0.3) is 0 Å². The number of methoxy groups -OCH3 is 1. The standard InChI is InChI=1S/C13H16Cl2O2/c1-13(2,17-3)5-4-12(16)9-6-10(14)8-11(15)7-9/h6-8H,4-5H2,1-3H3. The van der Waals surface area contributed by atoms with E-state index in [0.717, 1.165) is 0 Å². The van der Waals surface area contributed by atoms with E-state index >= 15 is 0 Å². The molecule has 2 nitrogen and oxygen atoms in total. The Hall–Kier alpha value is -0.570. The first-order valence-electron chi connectivity index (χ1n) is 5.38. The number of halogens is 2. The van der Waals surface area contributed by atoms with Crippen LogP contribution in [0.5, 0.6) is 0 Å². The third-order valence-corrected chi connectivity index (χ3v) is 3.13. The average Bonchev–Trinajstić information content (AvgIpc) is 2.24. The summed E-state index contributed by atoms with van der Waals surface area (Å²) in [4.78, 5) is 11.9. The number of hydrogen-bond donors (Lipinski definition) is 0. The van der Waals surface area contributed by atoms with Crippen molar-refractivity contribution in [2.24, 2.45) is 0 Å². The Labute approximate surface area is 112 Å². The first-order valence-corrected chi connectivity index (χ1v) is 6.14. The van der Waals surface area contributed by atoms with Crippen molar-refractivity contribution < 1.29 is 9.53 Å². The predicted molar refractivity (Wildman–Crippen MR) is 71.1 cm³/mol. The van der Waals surface area contributed by atoms with Gasteiger partial charge in [0.15, 0.2) is 5.78 Å². The molecule has 0 radical (unpaired) electrons. The Morgan fingerprint density at radius 2 is 1.76 bits per heavy atom. The number of Topliss-reactive ketones (excluding diaryl/α,β-unsaturated/α-hetero) is 1. The number of hydrogen-bond acceptors (Lipinski definition) is 2. The van der Waals surface area contributed by atoms with Crippen LogP contribution in [-0.4, -0.2) is 18.5 Å². The number of ether oxygens (including phenoxy) is 1. The van der Waals surface area contributed by atoms with E-state index in [9.17, 15) is 4.79 Å². The van der Waals surface area contributed by atoms with Crippen LogP contribution in [0.2, 0.25) is 10.0 Å². The minimum atomic E-state index is -0.294. The van der Waals surface area contributed by atoms with Crippen LogP contribution in [0.4, 0.5) is 0 Å². The maximum absolute atomic E-state index is 11.9. The fraction of sp³-hybridized carbons (Fsp3) is 0.462. The van der Waals surface area contributed by atoms with E-state index in [1.165, 1.54) is 0 Å². The van der Waals surface area contributed by atoms with Gasteiger partial charge in [-0.2, -0.15) is 0 Å². The van der Waals surface area contributed by atoms with Crippen LogP contribution in [0.15, 0.2) is 18.2 Å². The molecule has 0 bridgehead atoms. The van der Waals surface area contributed by atoms with Gasteiger partial charge in [0.25, 0.3) is 0 Å². The summed E-state index contributed by atoms with van der Waals surface area (Å²) in [5.74, 6) is 0.0273. The lowest BCUT2D eigenvalue weighted by Gasteiger charge is -2.22. The molecule has 1 rings (SSSR count). The van der Waals surface area contributed by atoms with Gasteiger partial charge in [0.2, 0.25) is 0 Å². The normalized spacial score (nSPS) is 11.6. The van der Waals surface area contributed by atoms with Gasteiger partial charge in [0.05, 0.1) is 5.60 Å². The molecular formula is C13H16Cl2O2. The molecular weight excluding hydrogens is 259 g/mol. The third-order valence-electron chi connectivity index (χ3n) is 2.69. The second-order valence-corrected chi connectivity index (χ2v) is 5.42. The Morgan fingerprint density at radius 3 is 2.24 bits per heavy atom. The van der Waals surface area contributed by atoms with E-state index in [1.54, 1.807) is 25.3 Å². The van der Waals surface area contributed by atoms with Crippen LogP contribution < -0.4 is 0 Å². The molecule has 0 fully saturated rings. The van der Waals surface area contributed by atoms with Crippen molar-refractivity contribution in [1.29, 1.82) is 0 Å². The monoisotopic (exact) mass is 274 g/mol. The summed E-state index contributed by atoms with van der Waals surface area (Å²) in [5.41, 5.74) is 0.257. The first kappa shape index (κ1) is 14.5. The fourth-order valence-corrected chi connectivity index (χ4v) is 1.90. The minimum absolute atomic E-state index is 0.0273. The van der Waals surface area contributed by atoms with E-state index < -0.39 is 0 Å². The second kappa shape index (κ2) is 5.85. The van der Waals surface area contributed by atoms with Gasteiger partial charge in [-0.15, -0.1) is 0 Å². The molecule has 17 heavy (non-hydrogen) atoms. The topological polar surface area (TPSA) is 26.3 Å². The van der Waals surface area contributed by atoms with E-state index in [1.807, 2.05) is 13.8 Å². The lowest BCUT2D eigenvalue weighted by molar-refractivity contribution is 0.0141. The van der Waals surface area contributed by atoms with Crippen molar-refractivity contribution in [3.63, 3.8) is 0 Å². The SMILES string of the molecule is COC(C)(C)CCC(=O)c1cc(Cl)cc(Cl)c1. The molecule has 0 N–H and O–H groups in total. The largest absolute Gasteiger partial charge is 0.379 e. The zero-order chi connectivity index (χ0) is 13.1. The van der Waals surface area contributed by atoms with Gasteiger partial charge in [-0.1, -0.05) is 23.2 Å². The lowest BCUT2D eigenvalue weighted by atomic mass is 9.98. The average molecular weight is 275 g/mol. The van der Waals surface area contributed by atoms with Gasteiger partial charge in [-0.05, 0) is 38.5 Å². The van der Waals surface area contributed by atoms with Gasteiger partial charge in [0, 0.05) is 29.1 Å². The van der Waals surface area contributed by atoms with Crippen molar-refractivity contribution in [3.05, 3.63) is 33.8 Å². The molecule has 0 saturated carbocycles. The Morgan fingerprint density at radius 1 is 1.24 bits per heavy atom. The second-order valence-electron chi connectivity index (χ2n) is 4.55. The van der Waals surface area contributed by atoms with Crippen molar-refractivity contribution >= 4 is 29.0 Å². The van der Waals surface area contributed by atoms with Crippen molar-refractivity contribution in [2.45, 2.75) is 32.3 Å². The van der Waals surface area contributed by atoms with E-state index in [2.05, 4.69) is 0 Å². The molecule has 0 atom stereocenters. The van der Waals surface area contributed by atoms with Gasteiger partial charge >= 0.3 is 0 Å². The fourth-order valence-electron chi connectivity index (χ4n) is 1.38. The summed E-state index contributed by atoms with van der Waals surface area (Å²) in [6.07, 6.45) is 1.07. The maximum atomic E-state index is 11.9. The molecule has 1 aromatic carbocycles. The van der Waals surface area contributed by atoms with Crippen LogP contribution >= 0.6 is 23.2 Å². The van der Waals surface area contributed by atoms with Crippen molar-refractivity contribution in [2.75, 3.05) is 7.11 Å². The molecule has 0 aliphatic heterocycles. The summed E-state index contributed by atoms with van der Waals surface area (Å²) in [7, 11) is 1.64. The molecule has 0 aliphatic rings. The zero-order valence-electron chi connectivity index (χ0n) is 10.2. The number of carbonyl (C=O) groups is 1. The third kappa shape index (κ3) is 4.66. The van der Waals surface area contributed by atoms with E-state index in [-0.39, 0.29) is 11.4 Å². The first-order chi connectivity index (χ1) is 7.84. The smallest absolute Gasteiger partial charge is 0.163 e. The number of carbonyl (C=O) groups excluding carboxylic acids is 1. The van der Waals surface area contributed by atoms with Gasteiger partial charge in [0.1, 0.15) is 0 Å². The Balaban J connectivity index is 2.70. The molecule has 0 aromatic heterocycles. The number of ketones is 1. The highest BCUT2D eigenvalue weighted by Gasteiger charge is 2.18. The quantitative estimate of drug-likeness (QED) is 0.745. The van der Waals surface area contributed by atoms with Gasteiger partial charge in [-0.25, -0.2) is 0 Å². The summed E-state index contributed by atoms with van der Waals surface area (Å²) in [6, 6.07) is 4.88. The molecule has 4 heteroatoms. The van der Waals surface area contributed by atoms with Crippen LogP contribution in [0, 0.1) is 0 Å². The molecule has 0 spiro atoms. The molecule has 0 amide bonds. The summed E-state index contributed by atoms with van der Waals surface area (Å²) in [5, 5.41) is 0.957. The molecule has 0 aliphatic carbocycles. The molecule has 1 aromatic rings. The van der Waals surface area contributed by atoms with Crippen LogP contribution in [0.1, 0.15) is 37.0 Å². The molecule has 0 heterocycles. The Kier molecular flexibility index (Phi) is 4.99. The summed E-state index contributed by atoms with van der Waals surface area (Å²) < 4.78 is 5.27. The van der Waals surface area contributed by atoms with E-state index in [0.29, 0.717) is 28.5 Å². The highest BCUT2D eigenvalue weighted by molar-refractivity contribution is 6.35. The van der Waals surface area contributed by atoms with Gasteiger partial charge < -0.3 is 4.74 Å². The number of benzene rings is 1. The number of rotatable bonds is 5. The maximum Gasteiger partial charge on any atom is 0.163 e. The highest BCUT2D eigenvalue weighted by atomic mass is 35.5. The molecule has 0 unspecified atom stereocenters.